The number of hydrogen-bond donors (Lipinski definition) is 1. The third-order valence-corrected chi connectivity index (χ3v) is 3.22. The van der Waals surface area contributed by atoms with E-state index in [1.165, 1.54) is 12.1 Å². The van der Waals surface area contributed by atoms with Crippen molar-refractivity contribution >= 4 is 0 Å². The lowest BCUT2D eigenvalue weighted by Gasteiger charge is -2.23. The predicted octanol–water partition coefficient (Wildman–Crippen LogP) is 2.97. The normalized spacial score (nSPS) is 24.4. The van der Waals surface area contributed by atoms with E-state index in [1.54, 1.807) is 0 Å². The lowest BCUT2D eigenvalue weighted by atomic mass is 10.0. The summed E-state index contributed by atoms with van der Waals surface area (Å²) in [7, 11) is 0. The van der Waals surface area contributed by atoms with Gasteiger partial charge in [0.15, 0.2) is 0 Å². The molecule has 1 saturated heterocycles. The highest BCUT2D eigenvalue weighted by molar-refractivity contribution is 5.24. The first-order valence-electron chi connectivity index (χ1n) is 5.88. The van der Waals surface area contributed by atoms with E-state index in [-0.39, 0.29) is 5.54 Å². The molecule has 18 heavy (non-hydrogen) atoms. The third kappa shape index (κ3) is 3.23. The number of hydrogen-bond acceptors (Lipinski definition) is 2. The van der Waals surface area contributed by atoms with Crippen LogP contribution in [0.25, 0.3) is 0 Å². The van der Waals surface area contributed by atoms with Gasteiger partial charge in [-0.05, 0) is 31.0 Å². The molecule has 1 aliphatic heterocycles. The van der Waals surface area contributed by atoms with Gasteiger partial charge in [0.1, 0.15) is 0 Å². The summed E-state index contributed by atoms with van der Waals surface area (Å²) in [6.07, 6.45) is -3.34. The molecule has 1 N–H and O–H groups in total. The van der Waals surface area contributed by atoms with Crippen molar-refractivity contribution in [3.8, 4) is 0 Å². The maximum atomic E-state index is 12.4. The van der Waals surface area contributed by atoms with E-state index < -0.39 is 11.7 Å². The molecule has 1 unspecified atom stereocenters. The number of nitrogens with one attached hydrogen (secondary N) is 1. The fourth-order valence-electron chi connectivity index (χ4n) is 1.93. The molecule has 0 bridgehead atoms. The van der Waals surface area contributed by atoms with Crippen molar-refractivity contribution in [2.24, 2.45) is 0 Å². The van der Waals surface area contributed by atoms with Crippen LogP contribution in [-0.2, 0) is 17.5 Å². The predicted molar refractivity (Wildman–Crippen MR) is 62.1 cm³/mol. The summed E-state index contributed by atoms with van der Waals surface area (Å²) >= 11 is 0. The Hall–Kier alpha value is -1.07. The van der Waals surface area contributed by atoms with Gasteiger partial charge in [-0.2, -0.15) is 13.2 Å². The van der Waals surface area contributed by atoms with Gasteiger partial charge in [-0.15, -0.1) is 0 Å². The van der Waals surface area contributed by atoms with Gasteiger partial charge in [0.25, 0.3) is 0 Å². The first-order chi connectivity index (χ1) is 8.39. The summed E-state index contributed by atoms with van der Waals surface area (Å²) < 4.78 is 42.4. The Morgan fingerprint density at radius 1 is 1.28 bits per heavy atom. The second-order valence-electron chi connectivity index (χ2n) is 4.91. The van der Waals surface area contributed by atoms with Crippen molar-refractivity contribution in [3.63, 3.8) is 0 Å². The minimum atomic E-state index is -4.27. The van der Waals surface area contributed by atoms with Crippen molar-refractivity contribution in [2.75, 3.05) is 13.2 Å². The summed E-state index contributed by atoms with van der Waals surface area (Å²) in [6, 6.07) is 5.25. The molecule has 0 aromatic heterocycles. The van der Waals surface area contributed by atoms with Gasteiger partial charge in [0.05, 0.1) is 12.2 Å². The quantitative estimate of drug-likeness (QED) is 0.901. The lowest BCUT2D eigenvalue weighted by Crippen LogP contribution is -2.42. The van der Waals surface area contributed by atoms with Gasteiger partial charge in [0, 0.05) is 18.7 Å². The van der Waals surface area contributed by atoms with Crippen molar-refractivity contribution in [2.45, 2.75) is 31.6 Å². The minimum absolute atomic E-state index is 0.0668. The maximum Gasteiger partial charge on any atom is 0.416 e. The van der Waals surface area contributed by atoms with Crippen molar-refractivity contribution in [1.29, 1.82) is 0 Å². The van der Waals surface area contributed by atoms with Crippen LogP contribution in [0.4, 0.5) is 13.2 Å². The molecule has 1 atom stereocenters. The van der Waals surface area contributed by atoms with Gasteiger partial charge in [0.2, 0.25) is 0 Å². The largest absolute Gasteiger partial charge is 0.416 e. The van der Waals surface area contributed by atoms with Crippen molar-refractivity contribution in [3.05, 3.63) is 35.4 Å². The average Bonchev–Trinajstić information content (AvgIpc) is 2.74. The fourth-order valence-corrected chi connectivity index (χ4v) is 1.93. The Bertz CT molecular complexity index is 394. The molecule has 100 valence electrons. The second kappa shape index (κ2) is 4.90. The number of ether oxygens (including phenoxy) is 1. The number of halogens is 3. The number of rotatable bonds is 3. The highest BCUT2D eigenvalue weighted by atomic mass is 19.4. The standard InChI is InChI=1S/C13H16F3NO/c1-12(6-7-18-9-12)17-8-10-2-4-11(5-3-10)13(14,15)16/h2-5,17H,6-9H2,1H3. The summed E-state index contributed by atoms with van der Waals surface area (Å²) in [6.45, 7) is 3.99. The van der Waals surface area contributed by atoms with Crippen molar-refractivity contribution in [1.82, 2.24) is 5.32 Å². The highest BCUT2D eigenvalue weighted by Gasteiger charge is 2.30. The molecule has 1 aromatic carbocycles. The molecule has 0 radical (unpaired) electrons. The van der Waals surface area contributed by atoms with Crippen LogP contribution in [0, 0.1) is 0 Å². The van der Waals surface area contributed by atoms with Gasteiger partial charge in [-0.25, -0.2) is 0 Å². The molecule has 2 rings (SSSR count). The SMILES string of the molecule is CC1(NCc2ccc(C(F)(F)F)cc2)CCOC1. The molecule has 0 amide bonds. The van der Waals surface area contributed by atoms with Gasteiger partial charge < -0.3 is 10.1 Å². The number of alkyl halides is 3. The van der Waals surface area contributed by atoms with Crippen LogP contribution in [-0.4, -0.2) is 18.8 Å². The molecule has 1 aliphatic rings. The summed E-state index contributed by atoms with van der Waals surface area (Å²) in [5.41, 5.74) is 0.167. The van der Waals surface area contributed by atoms with Crippen LogP contribution >= 0.6 is 0 Å². The Morgan fingerprint density at radius 2 is 1.94 bits per heavy atom. The van der Waals surface area contributed by atoms with Crippen LogP contribution < -0.4 is 5.32 Å². The first-order valence-corrected chi connectivity index (χ1v) is 5.88. The van der Waals surface area contributed by atoms with E-state index in [2.05, 4.69) is 12.2 Å². The van der Waals surface area contributed by atoms with E-state index in [4.69, 9.17) is 4.74 Å². The maximum absolute atomic E-state index is 12.4. The zero-order valence-electron chi connectivity index (χ0n) is 10.2. The second-order valence-corrected chi connectivity index (χ2v) is 4.91. The molecule has 2 nitrogen and oxygen atoms in total. The smallest absolute Gasteiger partial charge is 0.379 e. The van der Waals surface area contributed by atoms with Gasteiger partial charge in [-0.3, -0.25) is 0 Å². The highest BCUT2D eigenvalue weighted by Crippen LogP contribution is 2.29. The molecule has 1 aromatic rings. The Morgan fingerprint density at radius 3 is 2.44 bits per heavy atom. The van der Waals surface area contributed by atoms with Crippen LogP contribution in [0.5, 0.6) is 0 Å². The molecule has 1 fully saturated rings. The van der Waals surface area contributed by atoms with Crippen LogP contribution in [0.1, 0.15) is 24.5 Å². The minimum Gasteiger partial charge on any atom is -0.379 e. The zero-order valence-corrected chi connectivity index (χ0v) is 10.2. The van der Waals surface area contributed by atoms with E-state index in [1.807, 2.05) is 0 Å². The summed E-state index contributed by atoms with van der Waals surface area (Å²) in [5, 5.41) is 3.33. The third-order valence-electron chi connectivity index (χ3n) is 3.22. The molecule has 0 aliphatic carbocycles. The Kier molecular flexibility index (Phi) is 3.64. The molecule has 5 heteroatoms. The van der Waals surface area contributed by atoms with Crippen LogP contribution in [0.15, 0.2) is 24.3 Å². The van der Waals surface area contributed by atoms with Crippen LogP contribution in [0.3, 0.4) is 0 Å². The van der Waals surface area contributed by atoms with E-state index in [0.717, 1.165) is 30.7 Å². The van der Waals surface area contributed by atoms with Gasteiger partial charge in [-0.1, -0.05) is 12.1 Å². The average molecular weight is 259 g/mol. The molecule has 0 saturated carbocycles. The molecular weight excluding hydrogens is 243 g/mol. The molecule has 1 heterocycles. The summed E-state index contributed by atoms with van der Waals surface area (Å²) in [5.74, 6) is 0. The topological polar surface area (TPSA) is 21.3 Å². The van der Waals surface area contributed by atoms with Crippen LogP contribution in [0.2, 0.25) is 0 Å². The lowest BCUT2D eigenvalue weighted by molar-refractivity contribution is -0.137. The van der Waals surface area contributed by atoms with Crippen molar-refractivity contribution < 1.29 is 17.9 Å². The first kappa shape index (κ1) is 13.4. The van der Waals surface area contributed by atoms with E-state index >= 15 is 0 Å². The Balaban J connectivity index is 1.94. The monoisotopic (exact) mass is 259 g/mol. The molecule has 0 spiro atoms. The fraction of sp³-hybridized carbons (Fsp3) is 0.538. The van der Waals surface area contributed by atoms with Gasteiger partial charge >= 0.3 is 6.18 Å². The molecular formula is C13H16F3NO. The summed E-state index contributed by atoms with van der Waals surface area (Å²) in [4.78, 5) is 0. The van der Waals surface area contributed by atoms with E-state index in [9.17, 15) is 13.2 Å². The van der Waals surface area contributed by atoms with E-state index in [0.29, 0.717) is 13.2 Å². The Labute approximate surface area is 104 Å². The zero-order chi connectivity index (χ0) is 13.2. The number of benzene rings is 1.